The minimum Gasteiger partial charge on any atom is -0.362 e. The van der Waals surface area contributed by atoms with E-state index in [1.165, 1.54) is 0 Å². The molecule has 1 N–H and O–H groups in total. The SMILES string of the molecule is C[C@@H]1CCC[C@H]2C1=NN(C(=O)Cc1ccccc1)[C@@]2(O)C(F)(F)F. The maximum absolute atomic E-state index is 13.7. The van der Waals surface area contributed by atoms with Gasteiger partial charge in [0.1, 0.15) is 0 Å². The number of aliphatic hydroxyl groups is 1. The second-order valence-corrected chi connectivity index (χ2v) is 6.50. The van der Waals surface area contributed by atoms with Crippen LogP contribution in [0.25, 0.3) is 0 Å². The zero-order chi connectivity index (χ0) is 17.5. The Labute approximate surface area is 138 Å². The molecule has 2 aliphatic rings. The van der Waals surface area contributed by atoms with Gasteiger partial charge in [-0.1, -0.05) is 43.7 Å². The summed E-state index contributed by atoms with van der Waals surface area (Å²) in [7, 11) is 0. The molecule has 7 heteroatoms. The van der Waals surface area contributed by atoms with Crippen molar-refractivity contribution in [3.05, 3.63) is 35.9 Å². The van der Waals surface area contributed by atoms with E-state index in [0.717, 1.165) is 0 Å². The van der Waals surface area contributed by atoms with E-state index in [0.29, 0.717) is 18.4 Å². The highest BCUT2D eigenvalue weighted by Gasteiger charge is 2.68. The number of fused-ring (bicyclic) bond motifs is 1. The number of hydrogen-bond donors (Lipinski definition) is 1. The molecular formula is C17H19F3N2O2. The van der Waals surface area contributed by atoms with Crippen LogP contribution in [0.4, 0.5) is 13.2 Å². The molecule has 3 rings (SSSR count). The largest absolute Gasteiger partial charge is 0.439 e. The molecule has 0 saturated heterocycles. The summed E-state index contributed by atoms with van der Waals surface area (Å²) in [5, 5.41) is 14.7. The van der Waals surface area contributed by atoms with E-state index in [-0.39, 0.29) is 29.5 Å². The van der Waals surface area contributed by atoms with Crippen LogP contribution in [0.15, 0.2) is 35.4 Å². The number of benzene rings is 1. The molecule has 4 nitrogen and oxygen atoms in total. The van der Waals surface area contributed by atoms with Gasteiger partial charge < -0.3 is 5.11 Å². The van der Waals surface area contributed by atoms with Crippen molar-refractivity contribution >= 4 is 11.6 Å². The molecule has 1 aliphatic carbocycles. The monoisotopic (exact) mass is 340 g/mol. The van der Waals surface area contributed by atoms with Crippen LogP contribution in [-0.2, 0) is 11.2 Å². The van der Waals surface area contributed by atoms with Gasteiger partial charge in [-0.3, -0.25) is 4.79 Å². The summed E-state index contributed by atoms with van der Waals surface area (Å²) in [4.78, 5) is 12.5. The summed E-state index contributed by atoms with van der Waals surface area (Å²) in [6.07, 6.45) is -3.74. The normalized spacial score (nSPS) is 30.0. The summed E-state index contributed by atoms with van der Waals surface area (Å²) < 4.78 is 41.0. The first kappa shape index (κ1) is 17.0. The molecule has 1 heterocycles. The Morgan fingerprint density at radius 1 is 1.33 bits per heavy atom. The van der Waals surface area contributed by atoms with E-state index in [1.54, 1.807) is 37.3 Å². The summed E-state index contributed by atoms with van der Waals surface area (Å²) in [6.45, 7) is 1.78. The Bertz CT molecular complexity index is 660. The first-order valence-corrected chi connectivity index (χ1v) is 7.99. The Kier molecular flexibility index (Phi) is 4.15. The fourth-order valence-corrected chi connectivity index (χ4v) is 3.59. The van der Waals surface area contributed by atoms with E-state index in [9.17, 15) is 23.1 Å². The number of hydrazone groups is 1. The van der Waals surface area contributed by atoms with E-state index >= 15 is 0 Å². The molecule has 0 bridgehead atoms. The predicted molar refractivity (Wildman–Crippen MR) is 81.9 cm³/mol. The zero-order valence-corrected chi connectivity index (χ0v) is 13.3. The first-order valence-electron chi connectivity index (χ1n) is 7.99. The average molecular weight is 340 g/mol. The molecule has 0 spiro atoms. The Morgan fingerprint density at radius 2 is 2.00 bits per heavy atom. The van der Waals surface area contributed by atoms with Crippen molar-refractivity contribution < 1.29 is 23.1 Å². The number of carbonyl (C=O) groups is 1. The van der Waals surface area contributed by atoms with Gasteiger partial charge >= 0.3 is 6.18 Å². The van der Waals surface area contributed by atoms with Crippen molar-refractivity contribution in [1.82, 2.24) is 5.01 Å². The number of nitrogens with zero attached hydrogens (tertiary/aromatic N) is 2. The van der Waals surface area contributed by atoms with Crippen LogP contribution in [-0.4, -0.2) is 33.6 Å². The number of rotatable bonds is 2. The van der Waals surface area contributed by atoms with Crippen LogP contribution in [0.2, 0.25) is 0 Å². The number of hydrogen-bond acceptors (Lipinski definition) is 3. The molecule has 1 aromatic rings. The van der Waals surface area contributed by atoms with Gasteiger partial charge in [-0.25, -0.2) is 0 Å². The van der Waals surface area contributed by atoms with Crippen LogP contribution in [0, 0.1) is 11.8 Å². The standard InChI is InChI=1S/C17H19F3N2O2/c1-11-6-5-9-13-15(11)21-22(16(13,24)17(18,19)20)14(23)10-12-7-3-2-4-8-12/h2-4,7-8,11,13,24H,5-6,9-10H2,1H3/t11-,13+,16+/m1/s1. The number of halogens is 3. The fraction of sp³-hybridized carbons (Fsp3) is 0.529. The van der Waals surface area contributed by atoms with Crippen molar-refractivity contribution in [3.8, 4) is 0 Å². The zero-order valence-electron chi connectivity index (χ0n) is 13.3. The Balaban J connectivity index is 1.95. The van der Waals surface area contributed by atoms with Crippen LogP contribution in [0.5, 0.6) is 0 Å². The smallest absolute Gasteiger partial charge is 0.362 e. The third kappa shape index (κ3) is 2.60. The molecule has 3 atom stereocenters. The second-order valence-electron chi connectivity index (χ2n) is 6.50. The molecule has 1 aromatic carbocycles. The Morgan fingerprint density at radius 3 is 2.62 bits per heavy atom. The van der Waals surface area contributed by atoms with E-state index in [4.69, 9.17) is 0 Å². The lowest BCUT2D eigenvalue weighted by Gasteiger charge is -2.39. The fourth-order valence-electron chi connectivity index (χ4n) is 3.59. The molecule has 1 saturated carbocycles. The first-order chi connectivity index (χ1) is 11.2. The number of amides is 1. The maximum atomic E-state index is 13.7. The molecule has 130 valence electrons. The van der Waals surface area contributed by atoms with Crippen molar-refractivity contribution in [2.24, 2.45) is 16.9 Å². The lowest BCUT2D eigenvalue weighted by atomic mass is 9.75. The van der Waals surface area contributed by atoms with Gasteiger partial charge in [-0.2, -0.15) is 23.3 Å². The van der Waals surface area contributed by atoms with E-state index < -0.39 is 23.7 Å². The van der Waals surface area contributed by atoms with Crippen LogP contribution >= 0.6 is 0 Å². The van der Waals surface area contributed by atoms with Gasteiger partial charge in [-0.05, 0) is 24.3 Å². The maximum Gasteiger partial charge on any atom is 0.439 e. The summed E-state index contributed by atoms with van der Waals surface area (Å²) in [6, 6.07) is 8.48. The third-order valence-corrected chi connectivity index (χ3v) is 4.87. The average Bonchev–Trinajstić information content (AvgIpc) is 2.84. The van der Waals surface area contributed by atoms with Gasteiger partial charge in [0.2, 0.25) is 5.91 Å². The minimum atomic E-state index is -4.97. The van der Waals surface area contributed by atoms with Gasteiger partial charge in [0.25, 0.3) is 5.72 Å². The highest BCUT2D eigenvalue weighted by molar-refractivity contribution is 5.95. The van der Waals surface area contributed by atoms with Crippen LogP contribution < -0.4 is 0 Å². The second kappa shape index (κ2) is 5.88. The lowest BCUT2D eigenvalue weighted by molar-refractivity contribution is -0.317. The molecule has 24 heavy (non-hydrogen) atoms. The van der Waals surface area contributed by atoms with E-state index in [2.05, 4.69) is 5.10 Å². The Hall–Kier alpha value is -1.89. The van der Waals surface area contributed by atoms with Gasteiger partial charge in [0.15, 0.2) is 0 Å². The van der Waals surface area contributed by atoms with Crippen molar-refractivity contribution in [2.45, 2.75) is 44.5 Å². The van der Waals surface area contributed by atoms with Gasteiger partial charge in [0.05, 0.1) is 12.3 Å². The van der Waals surface area contributed by atoms with E-state index in [1.807, 2.05) is 0 Å². The minimum absolute atomic E-state index is 0.174. The van der Waals surface area contributed by atoms with Crippen molar-refractivity contribution in [3.63, 3.8) is 0 Å². The molecule has 1 amide bonds. The molecule has 1 fully saturated rings. The molecule has 0 unspecified atom stereocenters. The molecule has 0 aromatic heterocycles. The summed E-state index contributed by atoms with van der Waals surface area (Å²) >= 11 is 0. The number of carbonyl (C=O) groups excluding carboxylic acids is 1. The molecule has 1 aliphatic heterocycles. The highest BCUT2D eigenvalue weighted by Crippen LogP contribution is 2.49. The van der Waals surface area contributed by atoms with Crippen LogP contribution in [0.3, 0.4) is 0 Å². The molecule has 0 radical (unpaired) electrons. The van der Waals surface area contributed by atoms with Gasteiger partial charge in [0, 0.05) is 5.71 Å². The number of alkyl halides is 3. The molecular weight excluding hydrogens is 321 g/mol. The topological polar surface area (TPSA) is 52.9 Å². The quantitative estimate of drug-likeness (QED) is 0.899. The van der Waals surface area contributed by atoms with Crippen molar-refractivity contribution in [1.29, 1.82) is 0 Å². The highest BCUT2D eigenvalue weighted by atomic mass is 19.4. The third-order valence-electron chi connectivity index (χ3n) is 4.87. The lowest BCUT2D eigenvalue weighted by Crippen LogP contribution is -2.62. The predicted octanol–water partition coefficient (Wildman–Crippen LogP) is 3.11. The summed E-state index contributed by atoms with van der Waals surface area (Å²) in [5.74, 6) is -2.21. The summed E-state index contributed by atoms with van der Waals surface area (Å²) in [5.41, 5.74) is -2.39. The van der Waals surface area contributed by atoms with Gasteiger partial charge in [-0.15, -0.1) is 0 Å². The van der Waals surface area contributed by atoms with Crippen LogP contribution in [0.1, 0.15) is 31.7 Å². The van der Waals surface area contributed by atoms with Crippen molar-refractivity contribution in [2.75, 3.05) is 0 Å².